The molecule has 0 amide bonds. The first-order chi connectivity index (χ1) is 14.1. The van der Waals surface area contributed by atoms with E-state index in [-0.39, 0.29) is 6.10 Å². The molecule has 0 aromatic heterocycles. The standard InChI is InChI=1S/C29H50O/c1-18(2)19(3)16-20(4)21(5)25-10-11-26-24-9-8-22-17-23(30)12-14-28(22,6)27(24)13-15-29(25,26)7/h8,18-21,23-27,30H,9-17H2,1-7H3/t19-,20+,21+,23-,24-,25+,26-,27-,28-,29+/m0/s1. The third kappa shape index (κ3) is 3.64. The van der Waals surface area contributed by atoms with Gasteiger partial charge in [-0.05, 0) is 116 Å². The summed E-state index contributed by atoms with van der Waals surface area (Å²) in [6, 6.07) is 0. The van der Waals surface area contributed by atoms with Gasteiger partial charge in [0.25, 0.3) is 0 Å². The molecule has 0 radical (unpaired) electrons. The zero-order chi connectivity index (χ0) is 21.8. The van der Waals surface area contributed by atoms with Crippen LogP contribution in [-0.4, -0.2) is 11.2 Å². The van der Waals surface area contributed by atoms with Crippen molar-refractivity contribution in [3.63, 3.8) is 0 Å². The maximum absolute atomic E-state index is 10.3. The van der Waals surface area contributed by atoms with Gasteiger partial charge in [-0.1, -0.05) is 60.1 Å². The summed E-state index contributed by atoms with van der Waals surface area (Å²) in [7, 11) is 0. The van der Waals surface area contributed by atoms with Gasteiger partial charge in [0.1, 0.15) is 0 Å². The van der Waals surface area contributed by atoms with Gasteiger partial charge in [0.15, 0.2) is 0 Å². The van der Waals surface area contributed by atoms with Gasteiger partial charge in [0.2, 0.25) is 0 Å². The molecule has 4 aliphatic rings. The first-order valence-corrected chi connectivity index (χ1v) is 13.5. The van der Waals surface area contributed by atoms with Crippen LogP contribution < -0.4 is 0 Å². The Labute approximate surface area is 187 Å². The summed E-state index contributed by atoms with van der Waals surface area (Å²) in [5, 5.41) is 10.3. The molecule has 3 fully saturated rings. The Hall–Kier alpha value is -0.300. The predicted octanol–water partition coefficient (Wildman–Crippen LogP) is 7.88. The number of hydrogen-bond acceptors (Lipinski definition) is 1. The van der Waals surface area contributed by atoms with E-state index in [1.807, 2.05) is 0 Å². The molecule has 4 rings (SSSR count). The molecule has 0 heterocycles. The average molecular weight is 415 g/mol. The fourth-order valence-electron chi connectivity index (χ4n) is 9.02. The summed E-state index contributed by atoms with van der Waals surface area (Å²) in [4.78, 5) is 0. The number of fused-ring (bicyclic) bond motifs is 5. The van der Waals surface area contributed by atoms with Crippen LogP contribution in [0.5, 0.6) is 0 Å². The first kappa shape index (κ1) is 22.9. The number of rotatable bonds is 5. The van der Waals surface area contributed by atoms with Crippen LogP contribution in [0.15, 0.2) is 11.6 Å². The molecule has 0 aliphatic heterocycles. The van der Waals surface area contributed by atoms with Crippen molar-refractivity contribution < 1.29 is 5.11 Å². The van der Waals surface area contributed by atoms with Crippen molar-refractivity contribution in [2.45, 2.75) is 112 Å². The molecule has 0 aromatic rings. The second-order valence-electron chi connectivity index (χ2n) is 13.2. The van der Waals surface area contributed by atoms with E-state index in [2.05, 4.69) is 54.5 Å². The predicted molar refractivity (Wildman–Crippen MR) is 128 cm³/mol. The molecular formula is C29H50O. The minimum absolute atomic E-state index is 0.0823. The molecule has 4 aliphatic carbocycles. The molecule has 30 heavy (non-hydrogen) atoms. The van der Waals surface area contributed by atoms with Gasteiger partial charge in [-0.15, -0.1) is 0 Å². The lowest BCUT2D eigenvalue weighted by molar-refractivity contribution is -0.0608. The van der Waals surface area contributed by atoms with Crippen molar-refractivity contribution in [2.75, 3.05) is 0 Å². The average Bonchev–Trinajstić information content (AvgIpc) is 3.04. The van der Waals surface area contributed by atoms with Crippen LogP contribution in [0.2, 0.25) is 0 Å². The van der Waals surface area contributed by atoms with Crippen molar-refractivity contribution in [1.82, 2.24) is 0 Å². The molecular weight excluding hydrogens is 364 g/mol. The monoisotopic (exact) mass is 414 g/mol. The molecule has 3 saturated carbocycles. The van der Waals surface area contributed by atoms with Crippen molar-refractivity contribution in [2.24, 2.45) is 58.2 Å². The minimum atomic E-state index is -0.0823. The van der Waals surface area contributed by atoms with Gasteiger partial charge in [-0.2, -0.15) is 0 Å². The lowest BCUT2D eigenvalue weighted by Crippen LogP contribution is -2.51. The Morgan fingerprint density at radius 2 is 1.67 bits per heavy atom. The molecule has 1 N–H and O–H groups in total. The van der Waals surface area contributed by atoms with Crippen LogP contribution in [0.3, 0.4) is 0 Å². The van der Waals surface area contributed by atoms with Crippen LogP contribution in [0, 0.1) is 58.2 Å². The van der Waals surface area contributed by atoms with Crippen LogP contribution in [0.25, 0.3) is 0 Å². The van der Waals surface area contributed by atoms with Crippen molar-refractivity contribution in [3.05, 3.63) is 11.6 Å². The maximum atomic E-state index is 10.3. The molecule has 172 valence electrons. The molecule has 1 nitrogen and oxygen atoms in total. The number of aliphatic hydroxyl groups is 1. The fraction of sp³-hybridized carbons (Fsp3) is 0.931. The van der Waals surface area contributed by atoms with E-state index in [1.165, 1.54) is 44.9 Å². The van der Waals surface area contributed by atoms with Crippen LogP contribution in [0.1, 0.15) is 106 Å². The Morgan fingerprint density at radius 3 is 2.37 bits per heavy atom. The van der Waals surface area contributed by atoms with E-state index < -0.39 is 0 Å². The van der Waals surface area contributed by atoms with Gasteiger partial charge >= 0.3 is 0 Å². The topological polar surface area (TPSA) is 20.2 Å². The first-order valence-electron chi connectivity index (χ1n) is 13.5. The molecule has 10 atom stereocenters. The molecule has 0 aromatic carbocycles. The quantitative estimate of drug-likeness (QED) is 0.454. The lowest BCUT2D eigenvalue weighted by Gasteiger charge is -2.58. The summed E-state index contributed by atoms with van der Waals surface area (Å²) >= 11 is 0. The highest BCUT2D eigenvalue weighted by Gasteiger charge is 2.59. The summed E-state index contributed by atoms with van der Waals surface area (Å²) in [6.45, 7) is 17.7. The highest BCUT2D eigenvalue weighted by atomic mass is 16.3. The number of aliphatic hydroxyl groups excluding tert-OH is 1. The zero-order valence-corrected chi connectivity index (χ0v) is 21.1. The van der Waals surface area contributed by atoms with Crippen molar-refractivity contribution >= 4 is 0 Å². The zero-order valence-electron chi connectivity index (χ0n) is 21.1. The van der Waals surface area contributed by atoms with Crippen LogP contribution in [0.4, 0.5) is 0 Å². The minimum Gasteiger partial charge on any atom is -0.393 e. The van der Waals surface area contributed by atoms with Gasteiger partial charge in [-0.3, -0.25) is 0 Å². The van der Waals surface area contributed by atoms with Gasteiger partial charge in [0, 0.05) is 0 Å². The summed E-state index contributed by atoms with van der Waals surface area (Å²) in [6.07, 6.45) is 14.2. The van der Waals surface area contributed by atoms with Gasteiger partial charge in [-0.25, -0.2) is 0 Å². The van der Waals surface area contributed by atoms with Crippen molar-refractivity contribution in [3.8, 4) is 0 Å². The third-order valence-corrected chi connectivity index (χ3v) is 11.6. The Morgan fingerprint density at radius 1 is 0.933 bits per heavy atom. The van der Waals surface area contributed by atoms with Gasteiger partial charge in [0.05, 0.1) is 6.10 Å². The smallest absolute Gasteiger partial charge is 0.0577 e. The number of hydrogen-bond donors (Lipinski definition) is 1. The highest BCUT2D eigenvalue weighted by molar-refractivity contribution is 5.25. The SMILES string of the molecule is CC(C)[C@@H](C)C[C@@H](C)[C@@H](C)[C@H]1CC[C@H]2[C@@H]3CC=C4C[C@@H](O)CC[C@]4(C)[C@H]3CC[C@]12C. The second kappa shape index (κ2) is 8.24. The highest BCUT2D eigenvalue weighted by Crippen LogP contribution is 2.67. The van der Waals surface area contributed by atoms with E-state index in [0.29, 0.717) is 10.8 Å². The lowest BCUT2D eigenvalue weighted by atomic mass is 9.46. The molecule has 1 heteroatoms. The Kier molecular flexibility index (Phi) is 6.28. The van der Waals surface area contributed by atoms with E-state index in [4.69, 9.17) is 0 Å². The van der Waals surface area contributed by atoms with Crippen molar-refractivity contribution in [1.29, 1.82) is 0 Å². The van der Waals surface area contributed by atoms with E-state index in [0.717, 1.165) is 60.2 Å². The van der Waals surface area contributed by atoms with Crippen LogP contribution in [-0.2, 0) is 0 Å². The third-order valence-electron chi connectivity index (χ3n) is 11.6. The van der Waals surface area contributed by atoms with E-state index >= 15 is 0 Å². The normalized spacial score (nSPS) is 46.4. The summed E-state index contributed by atoms with van der Waals surface area (Å²) in [5.41, 5.74) is 2.56. The second-order valence-corrected chi connectivity index (χ2v) is 13.2. The van der Waals surface area contributed by atoms with Crippen LogP contribution >= 0.6 is 0 Å². The van der Waals surface area contributed by atoms with E-state index in [1.54, 1.807) is 5.57 Å². The van der Waals surface area contributed by atoms with E-state index in [9.17, 15) is 5.11 Å². The summed E-state index contributed by atoms with van der Waals surface area (Å²) < 4.78 is 0. The molecule has 0 spiro atoms. The van der Waals surface area contributed by atoms with Gasteiger partial charge < -0.3 is 5.11 Å². The Balaban J connectivity index is 1.51. The number of allylic oxidation sites excluding steroid dienone is 1. The fourth-order valence-corrected chi connectivity index (χ4v) is 9.02. The largest absolute Gasteiger partial charge is 0.393 e. The maximum Gasteiger partial charge on any atom is 0.0577 e. The molecule has 0 saturated heterocycles. The Bertz CT molecular complexity index is 649. The molecule has 0 bridgehead atoms. The molecule has 0 unspecified atom stereocenters. The summed E-state index contributed by atoms with van der Waals surface area (Å²) in [5.74, 6) is 6.96.